The molecule has 1 N–H and O–H groups in total. The molecular formula is C13H27N3O. The lowest BCUT2D eigenvalue weighted by Gasteiger charge is -2.32. The van der Waals surface area contributed by atoms with Crippen molar-refractivity contribution in [1.29, 1.82) is 0 Å². The maximum atomic E-state index is 12.2. The van der Waals surface area contributed by atoms with Gasteiger partial charge in [-0.25, -0.2) is 0 Å². The van der Waals surface area contributed by atoms with E-state index in [0.29, 0.717) is 0 Å². The highest BCUT2D eigenvalue weighted by molar-refractivity contribution is 5.81. The topological polar surface area (TPSA) is 35.6 Å². The maximum Gasteiger partial charge on any atom is 0.228 e. The summed E-state index contributed by atoms with van der Waals surface area (Å²) < 4.78 is 0. The molecule has 1 fully saturated rings. The monoisotopic (exact) mass is 241 g/mol. The molecule has 1 aliphatic heterocycles. The fourth-order valence-electron chi connectivity index (χ4n) is 2.00. The molecule has 0 unspecified atom stereocenters. The first kappa shape index (κ1) is 14.5. The van der Waals surface area contributed by atoms with E-state index in [0.717, 1.165) is 45.7 Å². The Labute approximate surface area is 105 Å². The summed E-state index contributed by atoms with van der Waals surface area (Å²) in [6.07, 6.45) is 0.893. The molecule has 0 radical (unpaired) electrons. The first-order valence-corrected chi connectivity index (χ1v) is 6.66. The van der Waals surface area contributed by atoms with Gasteiger partial charge in [-0.15, -0.1) is 0 Å². The lowest BCUT2D eigenvalue weighted by Crippen LogP contribution is -2.47. The fraction of sp³-hybridized carbons (Fsp3) is 0.923. The average Bonchev–Trinajstić information content (AvgIpc) is 2.36. The Morgan fingerprint density at radius 2 is 1.94 bits per heavy atom. The van der Waals surface area contributed by atoms with Crippen molar-refractivity contribution in [2.45, 2.75) is 27.2 Å². The number of carbonyl (C=O) groups excluding carboxylic acids is 1. The molecule has 0 aromatic carbocycles. The summed E-state index contributed by atoms with van der Waals surface area (Å²) in [6, 6.07) is 0. The van der Waals surface area contributed by atoms with Gasteiger partial charge in [0.1, 0.15) is 0 Å². The van der Waals surface area contributed by atoms with E-state index in [1.807, 2.05) is 25.8 Å². The molecule has 0 aromatic rings. The van der Waals surface area contributed by atoms with Crippen LogP contribution in [0.15, 0.2) is 0 Å². The van der Waals surface area contributed by atoms with Crippen molar-refractivity contribution in [1.82, 2.24) is 15.1 Å². The van der Waals surface area contributed by atoms with Gasteiger partial charge in [-0.3, -0.25) is 9.69 Å². The predicted molar refractivity (Wildman–Crippen MR) is 71.0 cm³/mol. The molecule has 1 rings (SSSR count). The first-order valence-electron chi connectivity index (χ1n) is 6.66. The van der Waals surface area contributed by atoms with Crippen molar-refractivity contribution < 1.29 is 4.79 Å². The van der Waals surface area contributed by atoms with Gasteiger partial charge >= 0.3 is 0 Å². The molecule has 1 aliphatic rings. The van der Waals surface area contributed by atoms with E-state index in [9.17, 15) is 4.79 Å². The minimum Gasteiger partial charge on any atom is -0.344 e. The number of rotatable bonds is 5. The quantitative estimate of drug-likeness (QED) is 0.773. The number of hydrogen-bond donors (Lipinski definition) is 1. The van der Waals surface area contributed by atoms with Crippen LogP contribution in [0.25, 0.3) is 0 Å². The van der Waals surface area contributed by atoms with Gasteiger partial charge in [-0.05, 0) is 6.42 Å². The number of likely N-dealkylation sites (N-methyl/N-ethyl adjacent to an activating group) is 1. The highest BCUT2D eigenvalue weighted by atomic mass is 16.2. The third-order valence-corrected chi connectivity index (χ3v) is 3.77. The second-order valence-electron chi connectivity index (χ2n) is 5.56. The smallest absolute Gasteiger partial charge is 0.228 e. The van der Waals surface area contributed by atoms with Gasteiger partial charge in [0.25, 0.3) is 0 Å². The molecule has 1 saturated heterocycles. The second-order valence-corrected chi connectivity index (χ2v) is 5.56. The van der Waals surface area contributed by atoms with E-state index in [2.05, 4.69) is 17.1 Å². The Morgan fingerprint density at radius 3 is 2.47 bits per heavy atom. The number of hydrogen-bond acceptors (Lipinski definition) is 3. The normalized spacial score (nSPS) is 18.1. The van der Waals surface area contributed by atoms with Gasteiger partial charge in [-0.2, -0.15) is 0 Å². The molecule has 100 valence electrons. The number of piperazine rings is 1. The molecule has 0 saturated carbocycles. The minimum atomic E-state index is -0.224. The van der Waals surface area contributed by atoms with Crippen molar-refractivity contribution >= 4 is 5.91 Å². The predicted octanol–water partition coefficient (Wildman–Crippen LogP) is 0.786. The van der Waals surface area contributed by atoms with Crippen LogP contribution in [0.3, 0.4) is 0 Å². The fourth-order valence-corrected chi connectivity index (χ4v) is 2.00. The molecule has 0 aliphatic carbocycles. The van der Waals surface area contributed by atoms with Crippen LogP contribution >= 0.6 is 0 Å². The Kier molecular flexibility index (Phi) is 5.40. The summed E-state index contributed by atoms with van der Waals surface area (Å²) in [7, 11) is 1.92. The van der Waals surface area contributed by atoms with Crippen molar-refractivity contribution in [3.63, 3.8) is 0 Å². The number of carbonyl (C=O) groups is 1. The van der Waals surface area contributed by atoms with Crippen LogP contribution in [0, 0.1) is 5.41 Å². The molecular weight excluding hydrogens is 214 g/mol. The van der Waals surface area contributed by atoms with E-state index in [-0.39, 0.29) is 11.3 Å². The van der Waals surface area contributed by atoms with E-state index >= 15 is 0 Å². The van der Waals surface area contributed by atoms with E-state index in [4.69, 9.17) is 0 Å². The van der Waals surface area contributed by atoms with Gasteiger partial charge in [-0.1, -0.05) is 20.8 Å². The van der Waals surface area contributed by atoms with E-state index in [1.54, 1.807) is 0 Å². The Balaban J connectivity index is 2.33. The lowest BCUT2D eigenvalue weighted by molar-refractivity contribution is -0.139. The molecule has 17 heavy (non-hydrogen) atoms. The summed E-state index contributed by atoms with van der Waals surface area (Å²) in [5, 5.41) is 3.34. The van der Waals surface area contributed by atoms with Crippen LogP contribution in [0.5, 0.6) is 0 Å². The number of nitrogens with one attached hydrogen (secondary N) is 1. The maximum absolute atomic E-state index is 12.2. The summed E-state index contributed by atoms with van der Waals surface area (Å²) >= 11 is 0. The highest BCUT2D eigenvalue weighted by Crippen LogP contribution is 2.22. The Hall–Kier alpha value is -0.610. The summed E-state index contributed by atoms with van der Waals surface area (Å²) in [5.74, 6) is 0.259. The van der Waals surface area contributed by atoms with Crippen LogP contribution in [-0.2, 0) is 4.79 Å². The lowest BCUT2D eigenvalue weighted by atomic mass is 9.89. The van der Waals surface area contributed by atoms with Gasteiger partial charge in [0.2, 0.25) is 5.91 Å². The second kappa shape index (κ2) is 6.36. The van der Waals surface area contributed by atoms with Crippen LogP contribution < -0.4 is 5.32 Å². The van der Waals surface area contributed by atoms with Crippen molar-refractivity contribution in [3.05, 3.63) is 0 Å². The Morgan fingerprint density at radius 1 is 1.35 bits per heavy atom. The molecule has 1 amide bonds. The van der Waals surface area contributed by atoms with Crippen molar-refractivity contribution in [2.75, 3.05) is 46.3 Å². The number of amides is 1. The zero-order valence-electron chi connectivity index (χ0n) is 11.8. The van der Waals surface area contributed by atoms with Crippen molar-refractivity contribution in [3.8, 4) is 0 Å². The molecule has 0 atom stereocenters. The zero-order valence-corrected chi connectivity index (χ0v) is 11.8. The third-order valence-electron chi connectivity index (χ3n) is 3.77. The third kappa shape index (κ3) is 4.28. The standard InChI is InChI=1S/C13H27N3O/c1-5-13(2,3)12(17)15(4)10-11-16-8-6-14-7-9-16/h14H,5-11H2,1-4H3. The molecule has 4 nitrogen and oxygen atoms in total. The van der Waals surface area contributed by atoms with Crippen LogP contribution in [0.1, 0.15) is 27.2 Å². The molecule has 1 heterocycles. The largest absolute Gasteiger partial charge is 0.344 e. The van der Waals surface area contributed by atoms with E-state index < -0.39 is 0 Å². The molecule has 0 aromatic heterocycles. The molecule has 4 heteroatoms. The van der Waals surface area contributed by atoms with Gasteiger partial charge < -0.3 is 10.2 Å². The Bertz CT molecular complexity index is 247. The highest BCUT2D eigenvalue weighted by Gasteiger charge is 2.28. The summed E-state index contributed by atoms with van der Waals surface area (Å²) in [5.41, 5.74) is -0.224. The van der Waals surface area contributed by atoms with Crippen LogP contribution in [-0.4, -0.2) is 62.0 Å². The summed E-state index contributed by atoms with van der Waals surface area (Å²) in [4.78, 5) is 16.5. The summed E-state index contributed by atoms with van der Waals surface area (Å²) in [6.45, 7) is 12.3. The number of nitrogens with zero attached hydrogens (tertiary/aromatic N) is 2. The minimum absolute atomic E-state index is 0.224. The van der Waals surface area contributed by atoms with Crippen LogP contribution in [0.4, 0.5) is 0 Å². The molecule has 0 spiro atoms. The molecule has 0 bridgehead atoms. The van der Waals surface area contributed by atoms with Gasteiger partial charge in [0.15, 0.2) is 0 Å². The average molecular weight is 241 g/mol. The van der Waals surface area contributed by atoms with E-state index in [1.165, 1.54) is 0 Å². The van der Waals surface area contributed by atoms with Gasteiger partial charge in [0.05, 0.1) is 0 Å². The van der Waals surface area contributed by atoms with Crippen LogP contribution in [0.2, 0.25) is 0 Å². The zero-order chi connectivity index (χ0) is 12.9. The van der Waals surface area contributed by atoms with Gasteiger partial charge in [0, 0.05) is 51.7 Å². The van der Waals surface area contributed by atoms with Crippen molar-refractivity contribution in [2.24, 2.45) is 5.41 Å². The first-order chi connectivity index (χ1) is 7.97. The SMILES string of the molecule is CCC(C)(C)C(=O)N(C)CCN1CCNCC1.